The second-order valence-electron chi connectivity index (χ2n) is 4.80. The third-order valence-electron chi connectivity index (χ3n) is 3.66. The first kappa shape index (κ1) is 13.5. The van der Waals surface area contributed by atoms with Crippen LogP contribution in [0.5, 0.6) is 0 Å². The van der Waals surface area contributed by atoms with E-state index in [0.29, 0.717) is 0 Å². The van der Waals surface area contributed by atoms with E-state index < -0.39 is 6.10 Å². The van der Waals surface area contributed by atoms with Gasteiger partial charge in [0.05, 0.1) is 6.10 Å². The lowest BCUT2D eigenvalue weighted by Crippen LogP contribution is -2.10. The maximum atomic E-state index is 10.7. The summed E-state index contributed by atoms with van der Waals surface area (Å²) in [6.45, 7) is 0. The standard InChI is InChI=1S/C15H13BrINO/c16-13-6-4-10(17)8-12(13)15(19)11-5-3-9-2-1-7-18-14(9)11/h1-2,4,6-8,11,15,19H,3,5H2. The molecule has 0 bridgehead atoms. The molecular weight excluding hydrogens is 417 g/mol. The minimum Gasteiger partial charge on any atom is -0.388 e. The van der Waals surface area contributed by atoms with Crippen LogP contribution >= 0.6 is 38.5 Å². The van der Waals surface area contributed by atoms with Crippen LogP contribution in [0.15, 0.2) is 41.0 Å². The smallest absolute Gasteiger partial charge is 0.0885 e. The van der Waals surface area contributed by atoms with Crippen LogP contribution in [0.1, 0.15) is 35.3 Å². The first-order valence-corrected chi connectivity index (χ1v) is 8.11. The lowest BCUT2D eigenvalue weighted by atomic mass is 9.93. The Labute approximate surface area is 134 Å². The van der Waals surface area contributed by atoms with Gasteiger partial charge in [-0.25, -0.2) is 0 Å². The molecule has 0 radical (unpaired) electrons. The molecule has 0 fully saturated rings. The van der Waals surface area contributed by atoms with Crippen LogP contribution in [-0.4, -0.2) is 10.1 Å². The van der Waals surface area contributed by atoms with Crippen LogP contribution in [-0.2, 0) is 6.42 Å². The van der Waals surface area contributed by atoms with E-state index in [1.807, 2.05) is 30.5 Å². The molecule has 2 nitrogen and oxygen atoms in total. The Morgan fingerprint density at radius 3 is 3.05 bits per heavy atom. The number of halogens is 2. The van der Waals surface area contributed by atoms with Crippen molar-refractivity contribution in [3.63, 3.8) is 0 Å². The second-order valence-corrected chi connectivity index (χ2v) is 6.90. The summed E-state index contributed by atoms with van der Waals surface area (Å²) in [5.41, 5.74) is 3.28. The van der Waals surface area contributed by atoms with Gasteiger partial charge in [-0.05, 0) is 70.8 Å². The molecule has 1 aromatic carbocycles. The van der Waals surface area contributed by atoms with Gasteiger partial charge in [0.2, 0.25) is 0 Å². The van der Waals surface area contributed by atoms with Gasteiger partial charge >= 0.3 is 0 Å². The van der Waals surface area contributed by atoms with Gasteiger partial charge in [-0.1, -0.05) is 22.0 Å². The molecule has 1 aromatic heterocycles. The van der Waals surface area contributed by atoms with Gasteiger partial charge in [0, 0.05) is 25.9 Å². The number of aliphatic hydroxyl groups is 1. The number of fused-ring (bicyclic) bond motifs is 1. The van der Waals surface area contributed by atoms with E-state index in [4.69, 9.17) is 0 Å². The predicted molar refractivity (Wildman–Crippen MR) is 87.1 cm³/mol. The third-order valence-corrected chi connectivity index (χ3v) is 5.05. The molecule has 0 saturated carbocycles. The van der Waals surface area contributed by atoms with Crippen molar-refractivity contribution >= 4 is 38.5 Å². The average Bonchev–Trinajstić information content (AvgIpc) is 2.84. The molecule has 3 rings (SSSR count). The highest BCUT2D eigenvalue weighted by atomic mass is 127. The minimum atomic E-state index is -0.500. The zero-order chi connectivity index (χ0) is 13.4. The molecule has 0 spiro atoms. The number of nitrogens with zero attached hydrogens (tertiary/aromatic N) is 1. The van der Waals surface area contributed by atoms with Crippen molar-refractivity contribution in [1.29, 1.82) is 0 Å². The van der Waals surface area contributed by atoms with E-state index in [2.05, 4.69) is 49.6 Å². The minimum absolute atomic E-state index is 0.102. The second kappa shape index (κ2) is 5.50. The number of benzene rings is 1. The first-order valence-electron chi connectivity index (χ1n) is 6.23. The predicted octanol–water partition coefficient (Wildman–Crippen LogP) is 4.21. The Bertz CT molecular complexity index is 617. The van der Waals surface area contributed by atoms with E-state index in [1.165, 1.54) is 5.56 Å². The lowest BCUT2D eigenvalue weighted by molar-refractivity contribution is 0.142. The summed E-state index contributed by atoms with van der Waals surface area (Å²) < 4.78 is 2.10. The summed E-state index contributed by atoms with van der Waals surface area (Å²) in [5.74, 6) is 0.102. The van der Waals surface area contributed by atoms with Gasteiger partial charge in [-0.15, -0.1) is 0 Å². The number of hydrogen-bond donors (Lipinski definition) is 1. The fraction of sp³-hybridized carbons (Fsp3) is 0.267. The zero-order valence-corrected chi connectivity index (χ0v) is 13.9. The van der Waals surface area contributed by atoms with Crippen molar-refractivity contribution in [2.24, 2.45) is 0 Å². The molecule has 0 aliphatic heterocycles. The van der Waals surface area contributed by atoms with Gasteiger partial charge in [0.25, 0.3) is 0 Å². The molecule has 98 valence electrons. The van der Waals surface area contributed by atoms with Crippen LogP contribution in [0.2, 0.25) is 0 Å². The highest BCUT2D eigenvalue weighted by molar-refractivity contribution is 14.1. The zero-order valence-electron chi connectivity index (χ0n) is 10.2. The largest absolute Gasteiger partial charge is 0.388 e. The van der Waals surface area contributed by atoms with Crippen LogP contribution in [0, 0.1) is 3.57 Å². The lowest BCUT2D eigenvalue weighted by Gasteiger charge is -2.20. The molecule has 19 heavy (non-hydrogen) atoms. The normalized spacial score (nSPS) is 19.2. The summed E-state index contributed by atoms with van der Waals surface area (Å²) in [7, 11) is 0. The highest BCUT2D eigenvalue weighted by Crippen LogP contribution is 2.42. The van der Waals surface area contributed by atoms with E-state index >= 15 is 0 Å². The Balaban J connectivity index is 1.97. The van der Waals surface area contributed by atoms with Gasteiger partial charge < -0.3 is 5.11 Å². The maximum absolute atomic E-state index is 10.7. The van der Waals surface area contributed by atoms with Gasteiger partial charge in [-0.3, -0.25) is 4.98 Å². The molecule has 1 aliphatic rings. The Morgan fingerprint density at radius 2 is 2.21 bits per heavy atom. The molecule has 2 unspecified atom stereocenters. The monoisotopic (exact) mass is 429 g/mol. The summed E-state index contributed by atoms with van der Waals surface area (Å²) in [6, 6.07) is 10.1. The van der Waals surface area contributed by atoms with E-state index in [9.17, 15) is 5.11 Å². The van der Waals surface area contributed by atoms with Crippen molar-refractivity contribution in [1.82, 2.24) is 4.98 Å². The maximum Gasteiger partial charge on any atom is 0.0885 e. The average molecular weight is 430 g/mol. The number of aliphatic hydroxyl groups excluding tert-OH is 1. The SMILES string of the molecule is OC(c1cc(I)ccc1Br)C1CCc2cccnc21. The molecule has 1 heterocycles. The van der Waals surface area contributed by atoms with Crippen LogP contribution in [0.25, 0.3) is 0 Å². The molecular formula is C15H13BrINO. The van der Waals surface area contributed by atoms with Gasteiger partial charge in [0.1, 0.15) is 0 Å². The van der Waals surface area contributed by atoms with E-state index in [-0.39, 0.29) is 5.92 Å². The van der Waals surface area contributed by atoms with Crippen LogP contribution < -0.4 is 0 Å². The Morgan fingerprint density at radius 1 is 1.37 bits per heavy atom. The number of hydrogen-bond acceptors (Lipinski definition) is 2. The number of pyridine rings is 1. The Hall–Kier alpha value is -0.460. The summed E-state index contributed by atoms with van der Waals surface area (Å²) >= 11 is 5.81. The fourth-order valence-corrected chi connectivity index (χ4v) is 3.71. The van der Waals surface area contributed by atoms with Crippen LogP contribution in [0.4, 0.5) is 0 Å². The van der Waals surface area contributed by atoms with Crippen molar-refractivity contribution in [2.75, 3.05) is 0 Å². The first-order chi connectivity index (χ1) is 9.16. The van der Waals surface area contributed by atoms with Gasteiger partial charge in [0.15, 0.2) is 0 Å². The molecule has 4 heteroatoms. The Kier molecular flexibility index (Phi) is 3.91. The van der Waals surface area contributed by atoms with Crippen LogP contribution in [0.3, 0.4) is 0 Å². The number of rotatable bonds is 2. The topological polar surface area (TPSA) is 33.1 Å². The van der Waals surface area contributed by atoms with Crippen molar-refractivity contribution in [3.05, 3.63) is 61.4 Å². The quantitative estimate of drug-likeness (QED) is 0.725. The van der Waals surface area contributed by atoms with Gasteiger partial charge in [-0.2, -0.15) is 0 Å². The van der Waals surface area contributed by atoms with Crippen molar-refractivity contribution in [2.45, 2.75) is 24.9 Å². The molecule has 2 atom stereocenters. The third kappa shape index (κ3) is 2.58. The van der Waals surface area contributed by atoms with E-state index in [0.717, 1.165) is 32.1 Å². The van der Waals surface area contributed by atoms with Crippen molar-refractivity contribution in [3.8, 4) is 0 Å². The summed E-state index contributed by atoms with van der Waals surface area (Å²) in [6.07, 6.45) is 3.28. The summed E-state index contributed by atoms with van der Waals surface area (Å²) in [4.78, 5) is 4.46. The number of aryl methyl sites for hydroxylation is 1. The highest BCUT2D eigenvalue weighted by Gasteiger charge is 2.31. The van der Waals surface area contributed by atoms with Crippen molar-refractivity contribution < 1.29 is 5.11 Å². The molecule has 1 N–H and O–H groups in total. The number of aromatic nitrogens is 1. The fourth-order valence-electron chi connectivity index (χ4n) is 2.71. The molecule has 2 aromatic rings. The molecule has 0 saturated heterocycles. The molecule has 0 amide bonds. The molecule has 1 aliphatic carbocycles. The van der Waals surface area contributed by atoms with E-state index in [1.54, 1.807) is 0 Å². The summed E-state index contributed by atoms with van der Waals surface area (Å²) in [5, 5.41) is 10.7.